The van der Waals surface area contributed by atoms with E-state index in [2.05, 4.69) is 24.0 Å². The van der Waals surface area contributed by atoms with E-state index in [0.717, 1.165) is 49.1 Å². The Hall–Kier alpha value is -0.650. The molecular weight excluding hydrogens is 294 g/mol. The summed E-state index contributed by atoms with van der Waals surface area (Å²) in [5.74, 6) is 1.33. The van der Waals surface area contributed by atoms with Gasteiger partial charge in [-0.1, -0.05) is 0 Å². The molecule has 1 aliphatic heterocycles. The van der Waals surface area contributed by atoms with E-state index in [1.807, 2.05) is 10.3 Å². The lowest BCUT2D eigenvalue weighted by Crippen LogP contribution is -2.41. The van der Waals surface area contributed by atoms with Gasteiger partial charge in [-0.05, 0) is 32.9 Å². The molecule has 1 fully saturated rings. The van der Waals surface area contributed by atoms with Crippen LogP contribution in [0.5, 0.6) is 0 Å². The summed E-state index contributed by atoms with van der Waals surface area (Å²) >= 11 is 7.25. The zero-order valence-corrected chi connectivity index (χ0v) is 13.7. The Morgan fingerprint density at radius 2 is 2.20 bits per heavy atom. The van der Waals surface area contributed by atoms with Crippen molar-refractivity contribution in [3.05, 3.63) is 16.1 Å². The minimum Gasteiger partial charge on any atom is -0.342 e. The van der Waals surface area contributed by atoms with E-state index >= 15 is 0 Å². The summed E-state index contributed by atoms with van der Waals surface area (Å²) in [7, 11) is 4.21. The molecule has 1 amide bonds. The molecule has 4 nitrogen and oxygen atoms in total. The van der Waals surface area contributed by atoms with E-state index in [1.165, 1.54) is 11.3 Å². The Bertz CT molecular complexity index is 441. The van der Waals surface area contributed by atoms with Crippen molar-refractivity contribution in [3.63, 3.8) is 0 Å². The fourth-order valence-corrected chi connectivity index (χ4v) is 3.63. The fourth-order valence-electron chi connectivity index (χ4n) is 2.61. The number of piperidine rings is 1. The number of thiazole rings is 1. The van der Waals surface area contributed by atoms with Crippen LogP contribution in [0.4, 0.5) is 0 Å². The van der Waals surface area contributed by atoms with E-state index in [-0.39, 0.29) is 5.91 Å². The summed E-state index contributed by atoms with van der Waals surface area (Å²) in [6, 6.07) is 0. The summed E-state index contributed by atoms with van der Waals surface area (Å²) < 4.78 is 0. The van der Waals surface area contributed by atoms with Crippen molar-refractivity contribution in [2.45, 2.75) is 25.1 Å². The number of hydrogen-bond donors (Lipinski definition) is 0. The molecule has 112 valence electrons. The average molecular weight is 316 g/mol. The smallest absolute Gasteiger partial charge is 0.229 e. The maximum atomic E-state index is 12.2. The van der Waals surface area contributed by atoms with Crippen LogP contribution in [0.15, 0.2) is 5.38 Å². The topological polar surface area (TPSA) is 36.4 Å². The first-order valence-electron chi connectivity index (χ1n) is 7.00. The van der Waals surface area contributed by atoms with E-state index in [1.54, 1.807) is 0 Å². The first-order chi connectivity index (χ1) is 9.58. The predicted molar refractivity (Wildman–Crippen MR) is 83.2 cm³/mol. The molecule has 6 heteroatoms. The molecule has 1 aliphatic rings. The molecule has 2 rings (SSSR count). The zero-order valence-electron chi connectivity index (χ0n) is 12.1. The second kappa shape index (κ2) is 7.38. The molecule has 1 aromatic rings. The fraction of sp³-hybridized carbons (Fsp3) is 0.714. The van der Waals surface area contributed by atoms with Gasteiger partial charge in [0.2, 0.25) is 5.91 Å². The number of amides is 1. The molecule has 1 saturated heterocycles. The van der Waals surface area contributed by atoms with Crippen molar-refractivity contribution in [1.82, 2.24) is 14.8 Å². The van der Waals surface area contributed by atoms with Crippen LogP contribution in [0.2, 0.25) is 0 Å². The molecule has 0 spiro atoms. The minimum atomic E-state index is 0.198. The van der Waals surface area contributed by atoms with Crippen molar-refractivity contribution < 1.29 is 4.79 Å². The summed E-state index contributed by atoms with van der Waals surface area (Å²) in [4.78, 5) is 20.8. The van der Waals surface area contributed by atoms with Gasteiger partial charge >= 0.3 is 0 Å². The van der Waals surface area contributed by atoms with Crippen LogP contribution < -0.4 is 0 Å². The maximum Gasteiger partial charge on any atom is 0.229 e. The molecule has 20 heavy (non-hydrogen) atoms. The average Bonchev–Trinajstić information content (AvgIpc) is 2.86. The largest absolute Gasteiger partial charge is 0.342 e. The monoisotopic (exact) mass is 315 g/mol. The van der Waals surface area contributed by atoms with Crippen LogP contribution >= 0.6 is 22.9 Å². The van der Waals surface area contributed by atoms with Crippen LogP contribution in [0, 0.1) is 5.92 Å². The molecule has 0 bridgehead atoms. The molecule has 0 atom stereocenters. The number of halogens is 1. The van der Waals surface area contributed by atoms with E-state index < -0.39 is 0 Å². The zero-order chi connectivity index (χ0) is 14.5. The highest BCUT2D eigenvalue weighted by molar-refractivity contribution is 7.09. The van der Waals surface area contributed by atoms with Crippen LogP contribution in [-0.2, 0) is 17.1 Å². The Morgan fingerprint density at radius 1 is 1.50 bits per heavy atom. The third kappa shape index (κ3) is 4.43. The molecule has 0 aromatic carbocycles. The third-order valence-electron chi connectivity index (χ3n) is 3.63. The van der Waals surface area contributed by atoms with Crippen molar-refractivity contribution >= 4 is 28.8 Å². The molecule has 0 saturated carbocycles. The molecule has 1 aromatic heterocycles. The highest BCUT2D eigenvalue weighted by atomic mass is 35.5. The summed E-state index contributed by atoms with van der Waals surface area (Å²) in [6.45, 7) is 2.88. The highest BCUT2D eigenvalue weighted by Gasteiger charge is 2.23. The predicted octanol–water partition coefficient (Wildman–Crippen LogP) is 2.22. The van der Waals surface area contributed by atoms with E-state index in [4.69, 9.17) is 11.6 Å². The Morgan fingerprint density at radius 3 is 2.75 bits per heavy atom. The normalized spacial score (nSPS) is 16.9. The summed E-state index contributed by atoms with van der Waals surface area (Å²) in [5.41, 5.74) is 0.865. The number of carbonyl (C=O) groups excluding carboxylic acids is 1. The first kappa shape index (κ1) is 15.7. The van der Waals surface area contributed by atoms with Gasteiger partial charge in [0.15, 0.2) is 0 Å². The van der Waals surface area contributed by atoms with E-state index in [0.29, 0.717) is 12.3 Å². The number of nitrogens with zero attached hydrogens (tertiary/aromatic N) is 3. The van der Waals surface area contributed by atoms with Crippen LogP contribution in [0.1, 0.15) is 23.5 Å². The second-order valence-corrected chi connectivity index (χ2v) is 6.84. The van der Waals surface area contributed by atoms with Gasteiger partial charge in [-0.15, -0.1) is 22.9 Å². The lowest BCUT2D eigenvalue weighted by Gasteiger charge is -2.33. The summed E-state index contributed by atoms with van der Waals surface area (Å²) in [6.07, 6.45) is 2.63. The molecule has 2 heterocycles. The van der Waals surface area contributed by atoms with Crippen LogP contribution in [-0.4, -0.2) is 54.4 Å². The van der Waals surface area contributed by atoms with Crippen molar-refractivity contribution in [1.29, 1.82) is 0 Å². The van der Waals surface area contributed by atoms with Gasteiger partial charge in [0.25, 0.3) is 0 Å². The Labute approximate surface area is 129 Å². The molecular formula is C14H22ClN3OS. The molecule has 0 aliphatic carbocycles. The Kier molecular flexibility index (Phi) is 5.81. The van der Waals surface area contributed by atoms with Crippen molar-refractivity contribution in [3.8, 4) is 0 Å². The molecule has 0 N–H and O–H groups in total. The van der Waals surface area contributed by atoms with Crippen LogP contribution in [0.3, 0.4) is 0 Å². The highest BCUT2D eigenvalue weighted by Crippen LogP contribution is 2.19. The third-order valence-corrected chi connectivity index (χ3v) is 4.80. The lowest BCUT2D eigenvalue weighted by molar-refractivity contribution is -0.131. The minimum absolute atomic E-state index is 0.198. The Balaban J connectivity index is 1.79. The lowest BCUT2D eigenvalue weighted by atomic mass is 9.96. The number of carbonyl (C=O) groups is 1. The van der Waals surface area contributed by atoms with Gasteiger partial charge in [-0.3, -0.25) is 4.79 Å². The first-order valence-corrected chi connectivity index (χ1v) is 8.41. The molecule has 0 radical (unpaired) electrons. The number of alkyl halides is 1. The number of likely N-dealkylation sites (tertiary alicyclic amines) is 1. The van der Waals surface area contributed by atoms with Crippen molar-refractivity contribution in [2.75, 3.05) is 33.7 Å². The quantitative estimate of drug-likeness (QED) is 0.782. The summed E-state index contributed by atoms with van der Waals surface area (Å²) in [5, 5.41) is 2.81. The van der Waals surface area contributed by atoms with Gasteiger partial charge in [0.1, 0.15) is 5.01 Å². The van der Waals surface area contributed by atoms with Gasteiger partial charge in [-0.25, -0.2) is 4.98 Å². The number of aromatic nitrogens is 1. The van der Waals surface area contributed by atoms with E-state index in [9.17, 15) is 4.79 Å². The SMILES string of the molecule is CN(C)CC1CCN(C(=O)Cc2nc(CCl)cs2)CC1. The maximum absolute atomic E-state index is 12.2. The van der Waals surface area contributed by atoms with Gasteiger partial charge in [0.05, 0.1) is 18.0 Å². The molecule has 0 unspecified atom stereocenters. The standard InChI is InChI=1S/C14H22ClN3OS/c1-17(2)9-11-3-5-18(6-4-11)14(19)7-13-16-12(8-15)10-20-13/h10-11H,3-9H2,1-2H3. The van der Waals surface area contributed by atoms with Crippen molar-refractivity contribution in [2.24, 2.45) is 5.92 Å². The van der Waals surface area contributed by atoms with Gasteiger partial charge in [0, 0.05) is 25.0 Å². The van der Waals surface area contributed by atoms with Crippen LogP contribution in [0.25, 0.3) is 0 Å². The number of hydrogen-bond acceptors (Lipinski definition) is 4. The van der Waals surface area contributed by atoms with Gasteiger partial charge in [-0.2, -0.15) is 0 Å². The second-order valence-electron chi connectivity index (χ2n) is 5.63. The number of rotatable bonds is 5. The van der Waals surface area contributed by atoms with Gasteiger partial charge < -0.3 is 9.80 Å².